The summed E-state index contributed by atoms with van der Waals surface area (Å²) in [5.41, 5.74) is 0.569. The second kappa shape index (κ2) is 7.37. The number of nitro benzene ring substituents is 1. The zero-order valence-electron chi connectivity index (χ0n) is 12.0. The molecule has 0 fully saturated rings. The Bertz CT molecular complexity index is 527. The lowest BCUT2D eigenvalue weighted by Crippen LogP contribution is -2.42. The number of aliphatic carboxylic acids is 1. The predicted molar refractivity (Wildman–Crippen MR) is 75.9 cm³/mol. The van der Waals surface area contributed by atoms with E-state index in [0.29, 0.717) is 12.0 Å². The number of carboxylic acids is 1. The van der Waals surface area contributed by atoms with E-state index in [1.165, 1.54) is 29.2 Å². The molecule has 7 nitrogen and oxygen atoms in total. The van der Waals surface area contributed by atoms with Crippen LogP contribution in [0.5, 0.6) is 0 Å². The summed E-state index contributed by atoms with van der Waals surface area (Å²) in [5, 5.41) is 19.4. The van der Waals surface area contributed by atoms with Crippen molar-refractivity contribution in [2.75, 3.05) is 6.54 Å². The first-order chi connectivity index (χ1) is 9.85. The molecule has 0 aromatic heterocycles. The molecular weight excluding hydrogens is 276 g/mol. The molecule has 114 valence electrons. The largest absolute Gasteiger partial charge is 0.480 e. The number of rotatable bonds is 7. The SMILES string of the molecule is CCC(C)N(CC(=O)O)C(=O)Cc1ccc([N+](=O)[O-])cc1. The molecule has 1 atom stereocenters. The molecule has 1 N–H and O–H groups in total. The second-order valence-corrected chi connectivity index (χ2v) is 4.77. The average Bonchev–Trinajstić information content (AvgIpc) is 2.44. The van der Waals surface area contributed by atoms with Gasteiger partial charge in [-0.1, -0.05) is 19.1 Å². The van der Waals surface area contributed by atoms with Crippen LogP contribution in [0.3, 0.4) is 0 Å². The third-order valence-electron chi connectivity index (χ3n) is 3.25. The van der Waals surface area contributed by atoms with E-state index in [0.717, 1.165) is 0 Å². The van der Waals surface area contributed by atoms with Crippen LogP contribution in [0.1, 0.15) is 25.8 Å². The topological polar surface area (TPSA) is 101 Å². The van der Waals surface area contributed by atoms with Crippen LogP contribution in [-0.4, -0.2) is 39.4 Å². The maximum absolute atomic E-state index is 12.2. The van der Waals surface area contributed by atoms with Gasteiger partial charge in [-0.3, -0.25) is 19.7 Å². The smallest absolute Gasteiger partial charge is 0.323 e. The number of non-ortho nitro benzene ring substituents is 1. The van der Waals surface area contributed by atoms with Crippen molar-refractivity contribution in [2.45, 2.75) is 32.7 Å². The molecule has 0 saturated heterocycles. The fraction of sp³-hybridized carbons (Fsp3) is 0.429. The van der Waals surface area contributed by atoms with Crippen LogP contribution in [0, 0.1) is 10.1 Å². The molecular formula is C14H18N2O5. The molecule has 1 amide bonds. The van der Waals surface area contributed by atoms with Gasteiger partial charge in [0, 0.05) is 18.2 Å². The van der Waals surface area contributed by atoms with Crippen molar-refractivity contribution in [2.24, 2.45) is 0 Å². The number of nitro groups is 1. The summed E-state index contributed by atoms with van der Waals surface area (Å²) in [6.07, 6.45) is 0.675. The van der Waals surface area contributed by atoms with E-state index in [1.54, 1.807) is 6.92 Å². The maximum atomic E-state index is 12.2. The highest BCUT2D eigenvalue weighted by Crippen LogP contribution is 2.14. The van der Waals surface area contributed by atoms with E-state index in [9.17, 15) is 19.7 Å². The summed E-state index contributed by atoms with van der Waals surface area (Å²) in [7, 11) is 0. The summed E-state index contributed by atoms with van der Waals surface area (Å²) < 4.78 is 0. The first kappa shape index (κ1) is 16.6. The van der Waals surface area contributed by atoms with Gasteiger partial charge in [-0.25, -0.2) is 0 Å². The number of hydrogen-bond donors (Lipinski definition) is 1. The van der Waals surface area contributed by atoms with Gasteiger partial charge >= 0.3 is 5.97 Å². The molecule has 0 spiro atoms. The van der Waals surface area contributed by atoms with Crippen molar-refractivity contribution < 1.29 is 19.6 Å². The van der Waals surface area contributed by atoms with Gasteiger partial charge in [-0.05, 0) is 18.9 Å². The van der Waals surface area contributed by atoms with Gasteiger partial charge in [0.05, 0.1) is 11.3 Å². The Kier molecular flexibility index (Phi) is 5.83. The fourth-order valence-electron chi connectivity index (χ4n) is 1.87. The van der Waals surface area contributed by atoms with E-state index in [1.807, 2.05) is 6.92 Å². The zero-order chi connectivity index (χ0) is 16.0. The molecule has 0 aliphatic heterocycles. The summed E-state index contributed by atoms with van der Waals surface area (Å²) in [4.78, 5) is 34.4. The lowest BCUT2D eigenvalue weighted by Gasteiger charge is -2.27. The van der Waals surface area contributed by atoms with Gasteiger partial charge in [-0.15, -0.1) is 0 Å². The van der Waals surface area contributed by atoms with Gasteiger partial charge < -0.3 is 10.0 Å². The van der Waals surface area contributed by atoms with Crippen LogP contribution in [0.2, 0.25) is 0 Å². The second-order valence-electron chi connectivity index (χ2n) is 4.77. The lowest BCUT2D eigenvalue weighted by atomic mass is 10.1. The van der Waals surface area contributed by atoms with Crippen molar-refractivity contribution in [3.05, 3.63) is 39.9 Å². The average molecular weight is 294 g/mol. The molecule has 0 radical (unpaired) electrons. The van der Waals surface area contributed by atoms with E-state index in [2.05, 4.69) is 0 Å². The van der Waals surface area contributed by atoms with E-state index < -0.39 is 10.9 Å². The minimum atomic E-state index is -1.06. The first-order valence-corrected chi connectivity index (χ1v) is 6.59. The van der Waals surface area contributed by atoms with E-state index >= 15 is 0 Å². The normalized spacial score (nSPS) is 11.7. The van der Waals surface area contributed by atoms with Crippen LogP contribution >= 0.6 is 0 Å². The van der Waals surface area contributed by atoms with Crippen molar-refractivity contribution in [3.8, 4) is 0 Å². The van der Waals surface area contributed by atoms with Crippen molar-refractivity contribution in [3.63, 3.8) is 0 Å². The minimum absolute atomic E-state index is 0.0234. The monoisotopic (exact) mass is 294 g/mol. The molecule has 21 heavy (non-hydrogen) atoms. The molecule has 0 aliphatic carbocycles. The van der Waals surface area contributed by atoms with Gasteiger partial charge in [0.2, 0.25) is 5.91 Å². The minimum Gasteiger partial charge on any atom is -0.480 e. The number of amides is 1. The Labute approximate surface area is 122 Å². The van der Waals surface area contributed by atoms with E-state index in [4.69, 9.17) is 5.11 Å². The molecule has 1 rings (SSSR count). The Hall–Kier alpha value is -2.44. The quantitative estimate of drug-likeness (QED) is 0.611. The highest BCUT2D eigenvalue weighted by atomic mass is 16.6. The number of carbonyl (C=O) groups excluding carboxylic acids is 1. The Morgan fingerprint density at radius 2 is 1.90 bits per heavy atom. The summed E-state index contributed by atoms with van der Waals surface area (Å²) in [5.74, 6) is -1.37. The van der Waals surface area contributed by atoms with Crippen LogP contribution in [-0.2, 0) is 16.0 Å². The number of benzene rings is 1. The maximum Gasteiger partial charge on any atom is 0.323 e. The number of hydrogen-bond acceptors (Lipinski definition) is 4. The van der Waals surface area contributed by atoms with E-state index in [-0.39, 0.29) is 30.6 Å². The predicted octanol–water partition coefficient (Wildman–Crippen LogP) is 1.85. The zero-order valence-corrected chi connectivity index (χ0v) is 12.0. The lowest BCUT2D eigenvalue weighted by molar-refractivity contribution is -0.384. The molecule has 1 unspecified atom stereocenters. The Morgan fingerprint density at radius 3 is 2.33 bits per heavy atom. The van der Waals surface area contributed by atoms with Crippen molar-refractivity contribution >= 4 is 17.6 Å². The fourth-order valence-corrected chi connectivity index (χ4v) is 1.87. The van der Waals surface area contributed by atoms with Crippen molar-refractivity contribution in [1.29, 1.82) is 0 Å². The standard InChI is InChI=1S/C14H18N2O5/c1-3-10(2)15(9-14(18)19)13(17)8-11-4-6-12(7-5-11)16(20)21/h4-7,10H,3,8-9H2,1-2H3,(H,18,19). The molecule has 1 aromatic carbocycles. The van der Waals surface area contributed by atoms with Crippen LogP contribution < -0.4 is 0 Å². The molecule has 0 aliphatic rings. The van der Waals surface area contributed by atoms with Crippen molar-refractivity contribution in [1.82, 2.24) is 4.90 Å². The van der Waals surface area contributed by atoms with Gasteiger partial charge in [0.1, 0.15) is 6.54 Å². The molecule has 0 saturated carbocycles. The van der Waals surface area contributed by atoms with Gasteiger partial charge in [0.15, 0.2) is 0 Å². The van der Waals surface area contributed by atoms with Crippen LogP contribution in [0.4, 0.5) is 5.69 Å². The Morgan fingerprint density at radius 1 is 1.33 bits per heavy atom. The first-order valence-electron chi connectivity index (χ1n) is 6.59. The number of carbonyl (C=O) groups is 2. The summed E-state index contributed by atoms with van der Waals surface area (Å²) >= 11 is 0. The summed E-state index contributed by atoms with van der Waals surface area (Å²) in [6.45, 7) is 3.32. The van der Waals surface area contributed by atoms with Gasteiger partial charge in [0.25, 0.3) is 5.69 Å². The summed E-state index contributed by atoms with van der Waals surface area (Å²) in [6, 6.07) is 5.49. The number of nitrogens with zero attached hydrogens (tertiary/aromatic N) is 2. The van der Waals surface area contributed by atoms with Gasteiger partial charge in [-0.2, -0.15) is 0 Å². The molecule has 0 heterocycles. The molecule has 0 bridgehead atoms. The third kappa shape index (κ3) is 4.87. The molecule has 7 heteroatoms. The van der Waals surface area contributed by atoms with Crippen LogP contribution in [0.25, 0.3) is 0 Å². The molecule has 1 aromatic rings. The highest BCUT2D eigenvalue weighted by Gasteiger charge is 2.21. The Balaban J connectivity index is 2.80. The van der Waals surface area contributed by atoms with Crippen LogP contribution in [0.15, 0.2) is 24.3 Å². The highest BCUT2D eigenvalue weighted by molar-refractivity contribution is 5.83. The number of carboxylic acid groups (broad SMARTS) is 1. The third-order valence-corrected chi connectivity index (χ3v) is 3.25.